The molecule has 0 radical (unpaired) electrons. The molecule has 0 atom stereocenters. The van der Waals surface area contributed by atoms with Gasteiger partial charge in [-0.25, -0.2) is 0 Å². The van der Waals surface area contributed by atoms with E-state index in [2.05, 4.69) is 22.6 Å². The number of nitriles is 1. The van der Waals surface area contributed by atoms with E-state index in [0.29, 0.717) is 17.1 Å². The van der Waals surface area contributed by atoms with Crippen molar-refractivity contribution in [1.82, 2.24) is 4.90 Å². The fourth-order valence-electron chi connectivity index (χ4n) is 3.38. The molecule has 0 unspecified atom stereocenters. The summed E-state index contributed by atoms with van der Waals surface area (Å²) in [6, 6.07) is 22.7. The van der Waals surface area contributed by atoms with Crippen LogP contribution in [0.4, 0.5) is 0 Å². The highest BCUT2D eigenvalue weighted by Crippen LogP contribution is 2.30. The molecule has 0 fully saturated rings. The largest absolute Gasteiger partial charge is 0.457 e. The van der Waals surface area contributed by atoms with Crippen LogP contribution in [-0.2, 0) is 16.1 Å². The van der Waals surface area contributed by atoms with Crippen LogP contribution in [0, 0.1) is 14.9 Å². The Morgan fingerprint density at radius 3 is 2.39 bits per heavy atom. The van der Waals surface area contributed by atoms with Crippen molar-refractivity contribution < 1.29 is 14.0 Å². The summed E-state index contributed by atoms with van der Waals surface area (Å²) in [5, 5.41) is 9.54. The van der Waals surface area contributed by atoms with Crippen LogP contribution in [0.25, 0.3) is 17.4 Å². The average Bonchev–Trinajstić information content (AvgIpc) is 3.24. The van der Waals surface area contributed by atoms with Crippen LogP contribution >= 0.6 is 22.6 Å². The van der Waals surface area contributed by atoms with Crippen molar-refractivity contribution in [3.05, 3.63) is 98.3 Å². The third-order valence-corrected chi connectivity index (χ3v) is 5.77. The summed E-state index contributed by atoms with van der Waals surface area (Å²) in [6.45, 7) is 1.71. The minimum atomic E-state index is -0.579. The number of rotatable bonds is 4. The third-order valence-electron chi connectivity index (χ3n) is 5.05. The van der Waals surface area contributed by atoms with E-state index < -0.39 is 11.8 Å². The molecule has 2 amide bonds. The smallest absolute Gasteiger partial charge is 0.271 e. The fraction of sp³-hybridized carbons (Fsp3) is 0.0800. The SMILES string of the molecule is CC1=C(C#N)C(=O)N(Cc2ccccc2)C(=O)/C1=C/c1ccc(-c2ccc(I)cc2)o1. The molecule has 1 aliphatic rings. The Morgan fingerprint density at radius 1 is 1.00 bits per heavy atom. The number of benzene rings is 2. The Morgan fingerprint density at radius 2 is 1.71 bits per heavy atom. The molecule has 6 heteroatoms. The predicted molar refractivity (Wildman–Crippen MR) is 125 cm³/mol. The maximum Gasteiger partial charge on any atom is 0.271 e. The van der Waals surface area contributed by atoms with E-state index >= 15 is 0 Å². The van der Waals surface area contributed by atoms with Gasteiger partial charge in [-0.3, -0.25) is 14.5 Å². The van der Waals surface area contributed by atoms with Gasteiger partial charge in [0.2, 0.25) is 0 Å². The minimum Gasteiger partial charge on any atom is -0.457 e. The van der Waals surface area contributed by atoms with Crippen molar-refractivity contribution in [2.24, 2.45) is 0 Å². The quantitative estimate of drug-likeness (QED) is 0.264. The molecule has 2 aromatic carbocycles. The zero-order valence-corrected chi connectivity index (χ0v) is 18.8. The van der Waals surface area contributed by atoms with Crippen LogP contribution < -0.4 is 0 Å². The van der Waals surface area contributed by atoms with Gasteiger partial charge < -0.3 is 4.42 Å². The van der Waals surface area contributed by atoms with Gasteiger partial charge in [-0.15, -0.1) is 0 Å². The number of hydrogen-bond donors (Lipinski definition) is 0. The number of hydrogen-bond acceptors (Lipinski definition) is 4. The van der Waals surface area contributed by atoms with Crippen LogP contribution in [0.15, 0.2) is 87.9 Å². The number of halogens is 1. The van der Waals surface area contributed by atoms with Crippen LogP contribution in [0.5, 0.6) is 0 Å². The van der Waals surface area contributed by atoms with Gasteiger partial charge in [0, 0.05) is 14.7 Å². The van der Waals surface area contributed by atoms with Crippen LogP contribution in [0.2, 0.25) is 0 Å². The Hall–Kier alpha value is -3.44. The molecule has 0 bridgehead atoms. The first-order valence-electron chi connectivity index (χ1n) is 9.57. The van der Waals surface area contributed by atoms with Gasteiger partial charge in [0.15, 0.2) is 0 Å². The summed E-state index contributed by atoms with van der Waals surface area (Å²) in [6.07, 6.45) is 1.59. The number of carbonyl (C=O) groups excluding carboxylic acids is 2. The highest BCUT2D eigenvalue weighted by molar-refractivity contribution is 14.1. The summed E-state index contributed by atoms with van der Waals surface area (Å²) in [4.78, 5) is 27.1. The normalized spacial score (nSPS) is 15.5. The molecular formula is C25H17IN2O3. The first-order chi connectivity index (χ1) is 15.0. The Labute approximate surface area is 193 Å². The lowest BCUT2D eigenvalue weighted by atomic mass is 9.94. The van der Waals surface area contributed by atoms with Gasteiger partial charge in [-0.05, 0) is 71.0 Å². The molecule has 0 spiro atoms. The van der Waals surface area contributed by atoms with Gasteiger partial charge in [0.1, 0.15) is 23.2 Å². The number of amides is 2. The second-order valence-electron chi connectivity index (χ2n) is 7.06. The van der Waals surface area contributed by atoms with E-state index in [9.17, 15) is 14.9 Å². The van der Waals surface area contributed by atoms with Crippen molar-refractivity contribution in [2.75, 3.05) is 0 Å². The number of imide groups is 1. The summed E-state index contributed by atoms with van der Waals surface area (Å²) in [7, 11) is 0. The first kappa shape index (κ1) is 20.8. The minimum absolute atomic E-state index is 0.0359. The first-order valence-corrected chi connectivity index (χ1v) is 10.6. The molecule has 0 saturated heterocycles. The van der Waals surface area contributed by atoms with E-state index in [1.54, 1.807) is 19.1 Å². The topological polar surface area (TPSA) is 74.3 Å². The van der Waals surface area contributed by atoms with Crippen LogP contribution in [-0.4, -0.2) is 16.7 Å². The standard InChI is InChI=1S/C25H17IN2O3/c1-16-21(13-20-11-12-23(31-20)18-7-9-19(26)10-8-18)24(29)28(25(30)22(16)14-27)15-17-5-3-2-4-6-17/h2-13H,15H2,1H3/b21-13+. The second kappa shape index (κ2) is 8.74. The van der Waals surface area contributed by atoms with E-state index in [1.807, 2.05) is 66.7 Å². The zero-order chi connectivity index (χ0) is 22.0. The molecule has 2 heterocycles. The maximum absolute atomic E-state index is 13.2. The monoisotopic (exact) mass is 520 g/mol. The van der Waals surface area contributed by atoms with Gasteiger partial charge in [-0.2, -0.15) is 5.26 Å². The van der Waals surface area contributed by atoms with E-state index in [-0.39, 0.29) is 17.7 Å². The third kappa shape index (κ3) is 4.23. The number of carbonyl (C=O) groups is 2. The van der Waals surface area contributed by atoms with E-state index in [1.165, 1.54) is 0 Å². The maximum atomic E-state index is 13.2. The molecule has 5 nitrogen and oxygen atoms in total. The Bertz CT molecular complexity index is 1260. The molecule has 0 aliphatic carbocycles. The molecule has 152 valence electrons. The van der Waals surface area contributed by atoms with Gasteiger partial charge >= 0.3 is 0 Å². The molecule has 0 N–H and O–H groups in total. The highest BCUT2D eigenvalue weighted by Gasteiger charge is 2.35. The summed E-state index contributed by atoms with van der Waals surface area (Å²) < 4.78 is 7.04. The fourth-order valence-corrected chi connectivity index (χ4v) is 3.74. The van der Waals surface area contributed by atoms with Crippen molar-refractivity contribution in [2.45, 2.75) is 13.5 Å². The van der Waals surface area contributed by atoms with Crippen LogP contribution in [0.3, 0.4) is 0 Å². The van der Waals surface area contributed by atoms with Gasteiger partial charge in [0.25, 0.3) is 11.8 Å². The lowest BCUT2D eigenvalue weighted by Crippen LogP contribution is -2.42. The van der Waals surface area contributed by atoms with Crippen molar-refractivity contribution in [1.29, 1.82) is 5.26 Å². The zero-order valence-electron chi connectivity index (χ0n) is 16.6. The number of nitrogens with zero attached hydrogens (tertiary/aromatic N) is 2. The predicted octanol–water partition coefficient (Wildman–Crippen LogP) is 5.34. The molecule has 1 aromatic heterocycles. The van der Waals surface area contributed by atoms with Gasteiger partial charge in [0.05, 0.1) is 6.54 Å². The molecule has 4 rings (SSSR count). The Kier molecular flexibility index (Phi) is 5.87. The molecule has 0 saturated carbocycles. The summed E-state index contributed by atoms with van der Waals surface area (Å²) >= 11 is 2.24. The van der Waals surface area contributed by atoms with E-state index in [0.717, 1.165) is 19.6 Å². The lowest BCUT2D eigenvalue weighted by Gasteiger charge is -2.27. The molecule has 1 aliphatic heterocycles. The summed E-state index contributed by atoms with van der Waals surface area (Å²) in [5.74, 6) is 0.121. The number of furan rings is 1. The second-order valence-corrected chi connectivity index (χ2v) is 8.31. The summed E-state index contributed by atoms with van der Waals surface area (Å²) in [5.41, 5.74) is 2.32. The molecule has 31 heavy (non-hydrogen) atoms. The average molecular weight is 520 g/mol. The lowest BCUT2D eigenvalue weighted by molar-refractivity contribution is -0.141. The molecule has 3 aromatic rings. The van der Waals surface area contributed by atoms with Crippen molar-refractivity contribution >= 4 is 40.5 Å². The van der Waals surface area contributed by atoms with Gasteiger partial charge in [-0.1, -0.05) is 42.5 Å². The Balaban J connectivity index is 1.71. The molecular weight excluding hydrogens is 503 g/mol. The van der Waals surface area contributed by atoms with Crippen molar-refractivity contribution in [3.8, 4) is 17.4 Å². The van der Waals surface area contributed by atoms with E-state index in [4.69, 9.17) is 4.42 Å². The van der Waals surface area contributed by atoms with Crippen LogP contribution in [0.1, 0.15) is 18.2 Å². The van der Waals surface area contributed by atoms with Crippen molar-refractivity contribution in [3.63, 3.8) is 0 Å². The highest BCUT2D eigenvalue weighted by atomic mass is 127.